The smallest absolute Gasteiger partial charge is 0.275 e. The zero-order chi connectivity index (χ0) is 15.5. The lowest BCUT2D eigenvalue weighted by Crippen LogP contribution is -2.14. The van der Waals surface area contributed by atoms with Crippen LogP contribution in [0.3, 0.4) is 0 Å². The number of hydrogen-bond acceptors (Lipinski definition) is 5. The van der Waals surface area contributed by atoms with Gasteiger partial charge < -0.3 is 15.6 Å². The van der Waals surface area contributed by atoms with Crippen LogP contribution in [-0.4, -0.2) is 30.4 Å². The van der Waals surface area contributed by atoms with Crippen molar-refractivity contribution in [3.05, 3.63) is 42.5 Å². The molecule has 0 atom stereocenters. The molecule has 0 aliphatic carbocycles. The number of aromatic nitrogens is 2. The molecule has 0 fully saturated rings. The molecule has 2 rings (SSSR count). The molecule has 2 aromatic rings. The van der Waals surface area contributed by atoms with Crippen molar-refractivity contribution in [1.29, 1.82) is 0 Å². The molecule has 0 unspecified atom stereocenters. The number of rotatable bonds is 5. The third-order valence-electron chi connectivity index (χ3n) is 2.69. The normalized spacial score (nSPS) is 11.3. The Bertz CT molecular complexity index is 737. The number of nitrogens with two attached hydrogens (primary N) is 2. The van der Waals surface area contributed by atoms with Crippen LogP contribution in [0.5, 0.6) is 0 Å². The number of anilines is 1. The van der Waals surface area contributed by atoms with Crippen LogP contribution in [-0.2, 0) is 16.6 Å². The molecule has 1 aromatic carbocycles. The highest BCUT2D eigenvalue weighted by Gasteiger charge is 2.11. The minimum absolute atomic E-state index is 0.0206. The van der Waals surface area contributed by atoms with Gasteiger partial charge in [-0.05, 0) is 24.3 Å². The molecule has 5 N–H and O–H groups in total. The Morgan fingerprint density at radius 2 is 1.95 bits per heavy atom. The lowest BCUT2D eigenvalue weighted by Gasteiger charge is -2.04. The van der Waals surface area contributed by atoms with Gasteiger partial charge in [0.05, 0.1) is 11.2 Å². The number of sulfonamides is 1. The van der Waals surface area contributed by atoms with Crippen LogP contribution >= 0.6 is 0 Å². The quantitative estimate of drug-likeness (QED) is 0.700. The molecule has 0 saturated carbocycles. The maximum atomic E-state index is 12.0. The molecule has 0 aliphatic heterocycles. The predicted octanol–water partition coefficient (Wildman–Crippen LogP) is -0.258. The summed E-state index contributed by atoms with van der Waals surface area (Å²) in [5.74, 6) is -0.394. The van der Waals surface area contributed by atoms with E-state index in [9.17, 15) is 13.2 Å². The van der Waals surface area contributed by atoms with E-state index in [0.717, 1.165) is 0 Å². The van der Waals surface area contributed by atoms with Crippen LogP contribution in [0, 0.1) is 0 Å². The first-order valence-electron chi connectivity index (χ1n) is 6.06. The lowest BCUT2D eigenvalue weighted by atomic mass is 10.3. The SMILES string of the molecule is NCCn1cnc(C(=O)Nc2ccc(S(N)(=O)=O)cc2)c1. The van der Waals surface area contributed by atoms with Crippen molar-refractivity contribution >= 4 is 21.6 Å². The fourth-order valence-electron chi connectivity index (χ4n) is 1.67. The molecule has 0 radical (unpaired) electrons. The molecule has 1 aromatic heterocycles. The zero-order valence-electron chi connectivity index (χ0n) is 11.1. The first kappa shape index (κ1) is 15.2. The Labute approximate surface area is 121 Å². The second kappa shape index (κ2) is 6.04. The molecule has 0 spiro atoms. The number of imidazole rings is 1. The maximum Gasteiger partial charge on any atom is 0.275 e. The van der Waals surface area contributed by atoms with Gasteiger partial charge in [-0.3, -0.25) is 4.79 Å². The maximum absolute atomic E-state index is 12.0. The standard InChI is InChI=1S/C12H15N5O3S/c13-5-6-17-7-11(15-8-17)12(18)16-9-1-3-10(4-2-9)21(14,19)20/h1-4,7-8H,5-6,13H2,(H,16,18)(H2,14,19,20). The third kappa shape index (κ3) is 3.88. The van der Waals surface area contributed by atoms with Crippen LogP contribution < -0.4 is 16.2 Å². The Balaban J connectivity index is 2.08. The van der Waals surface area contributed by atoms with Crippen molar-refractivity contribution in [2.75, 3.05) is 11.9 Å². The number of carbonyl (C=O) groups is 1. The number of carbonyl (C=O) groups excluding carboxylic acids is 1. The molecule has 9 heteroatoms. The summed E-state index contributed by atoms with van der Waals surface area (Å²) in [5, 5.41) is 7.60. The fraction of sp³-hybridized carbons (Fsp3) is 0.167. The molecular formula is C12H15N5O3S. The average Bonchev–Trinajstić information content (AvgIpc) is 2.87. The van der Waals surface area contributed by atoms with E-state index in [4.69, 9.17) is 10.9 Å². The summed E-state index contributed by atoms with van der Waals surface area (Å²) >= 11 is 0. The summed E-state index contributed by atoms with van der Waals surface area (Å²) in [6, 6.07) is 5.54. The van der Waals surface area contributed by atoms with E-state index in [1.54, 1.807) is 10.8 Å². The van der Waals surface area contributed by atoms with E-state index in [0.29, 0.717) is 18.8 Å². The van der Waals surface area contributed by atoms with Gasteiger partial charge in [0, 0.05) is 25.0 Å². The fourth-order valence-corrected chi connectivity index (χ4v) is 2.19. The van der Waals surface area contributed by atoms with Crippen LogP contribution in [0.4, 0.5) is 5.69 Å². The van der Waals surface area contributed by atoms with Gasteiger partial charge in [-0.25, -0.2) is 18.5 Å². The highest BCUT2D eigenvalue weighted by Crippen LogP contribution is 2.13. The first-order valence-corrected chi connectivity index (χ1v) is 7.61. The van der Waals surface area contributed by atoms with E-state index < -0.39 is 15.9 Å². The summed E-state index contributed by atoms with van der Waals surface area (Å²) in [7, 11) is -3.74. The van der Waals surface area contributed by atoms with Gasteiger partial charge in [-0.15, -0.1) is 0 Å². The van der Waals surface area contributed by atoms with Crippen LogP contribution in [0.1, 0.15) is 10.5 Å². The van der Waals surface area contributed by atoms with Crippen molar-refractivity contribution in [1.82, 2.24) is 9.55 Å². The molecule has 0 bridgehead atoms. The number of primary sulfonamides is 1. The monoisotopic (exact) mass is 309 g/mol. The second-order valence-electron chi connectivity index (χ2n) is 4.31. The molecule has 8 nitrogen and oxygen atoms in total. The van der Waals surface area contributed by atoms with E-state index in [1.807, 2.05) is 0 Å². The molecule has 112 valence electrons. The highest BCUT2D eigenvalue weighted by molar-refractivity contribution is 7.89. The Morgan fingerprint density at radius 1 is 1.29 bits per heavy atom. The van der Waals surface area contributed by atoms with Crippen LogP contribution in [0.25, 0.3) is 0 Å². The summed E-state index contributed by atoms with van der Waals surface area (Å²) in [5.41, 5.74) is 6.10. The largest absolute Gasteiger partial charge is 0.335 e. The Hall–Kier alpha value is -2.23. The van der Waals surface area contributed by atoms with E-state index in [1.165, 1.54) is 30.6 Å². The van der Waals surface area contributed by atoms with Gasteiger partial charge in [0.2, 0.25) is 10.0 Å². The average molecular weight is 309 g/mol. The minimum Gasteiger partial charge on any atom is -0.335 e. The molecule has 1 amide bonds. The van der Waals surface area contributed by atoms with Crippen LogP contribution in [0.2, 0.25) is 0 Å². The number of benzene rings is 1. The summed E-state index contributed by atoms with van der Waals surface area (Å²) in [4.78, 5) is 15.9. The van der Waals surface area contributed by atoms with Gasteiger partial charge in [-0.2, -0.15) is 0 Å². The summed E-state index contributed by atoms with van der Waals surface area (Å²) in [6.45, 7) is 1.02. The second-order valence-corrected chi connectivity index (χ2v) is 5.87. The molecule has 0 aliphatic rings. The van der Waals surface area contributed by atoms with Gasteiger partial charge in [-0.1, -0.05) is 0 Å². The van der Waals surface area contributed by atoms with Gasteiger partial charge in [0.1, 0.15) is 5.69 Å². The topological polar surface area (TPSA) is 133 Å². The molecule has 0 saturated heterocycles. The summed E-state index contributed by atoms with van der Waals surface area (Å²) in [6.07, 6.45) is 3.10. The lowest BCUT2D eigenvalue weighted by molar-refractivity contribution is 0.102. The Kier molecular flexibility index (Phi) is 4.36. The van der Waals surface area contributed by atoms with Gasteiger partial charge in [0.15, 0.2) is 0 Å². The highest BCUT2D eigenvalue weighted by atomic mass is 32.2. The molecular weight excluding hydrogens is 294 g/mol. The molecule has 21 heavy (non-hydrogen) atoms. The minimum atomic E-state index is -3.74. The zero-order valence-corrected chi connectivity index (χ0v) is 11.9. The molecule has 1 heterocycles. The van der Waals surface area contributed by atoms with Crippen LogP contribution in [0.15, 0.2) is 41.7 Å². The van der Waals surface area contributed by atoms with E-state index >= 15 is 0 Å². The van der Waals surface area contributed by atoms with E-state index in [2.05, 4.69) is 10.3 Å². The van der Waals surface area contributed by atoms with Gasteiger partial charge in [0.25, 0.3) is 5.91 Å². The van der Waals surface area contributed by atoms with E-state index in [-0.39, 0.29) is 10.6 Å². The summed E-state index contributed by atoms with van der Waals surface area (Å²) < 4.78 is 23.9. The predicted molar refractivity (Wildman–Crippen MR) is 77.0 cm³/mol. The Morgan fingerprint density at radius 3 is 2.52 bits per heavy atom. The number of amides is 1. The van der Waals surface area contributed by atoms with Crippen molar-refractivity contribution in [2.45, 2.75) is 11.4 Å². The number of hydrogen-bond donors (Lipinski definition) is 3. The van der Waals surface area contributed by atoms with Gasteiger partial charge >= 0.3 is 0 Å². The van der Waals surface area contributed by atoms with Crippen molar-refractivity contribution in [3.8, 4) is 0 Å². The third-order valence-corrected chi connectivity index (χ3v) is 3.62. The van der Waals surface area contributed by atoms with Crippen molar-refractivity contribution in [2.24, 2.45) is 10.9 Å². The van der Waals surface area contributed by atoms with Crippen molar-refractivity contribution in [3.63, 3.8) is 0 Å². The number of nitrogens with one attached hydrogen (secondary N) is 1. The first-order chi connectivity index (χ1) is 9.90. The number of nitrogens with zero attached hydrogens (tertiary/aromatic N) is 2. The van der Waals surface area contributed by atoms with Crippen molar-refractivity contribution < 1.29 is 13.2 Å².